The van der Waals surface area contributed by atoms with E-state index in [-0.39, 0.29) is 0 Å². The predicted octanol–water partition coefficient (Wildman–Crippen LogP) is 3.10. The zero-order chi connectivity index (χ0) is 14.3. The van der Waals surface area contributed by atoms with Crippen LogP contribution in [-0.4, -0.2) is 34.3 Å². The second kappa shape index (κ2) is 6.94. The standard InChI is InChI=1S/C13H20N2O3Si/c1-17-13(16)15(12-8-6-5-7-9-12)11-10-14-18-19(2,3)4/h5-10H,11H2,1-4H3/b14-10+. The van der Waals surface area contributed by atoms with Crippen LogP contribution in [-0.2, 0) is 9.26 Å². The second-order valence-corrected chi connectivity index (χ2v) is 9.32. The van der Waals surface area contributed by atoms with Crippen LogP contribution in [0.25, 0.3) is 0 Å². The number of amides is 1. The molecule has 104 valence electrons. The van der Waals surface area contributed by atoms with Crippen LogP contribution in [0.2, 0.25) is 19.6 Å². The lowest BCUT2D eigenvalue weighted by atomic mass is 10.3. The molecule has 6 heteroatoms. The monoisotopic (exact) mass is 280 g/mol. The summed E-state index contributed by atoms with van der Waals surface area (Å²) in [6, 6.07) is 9.29. The highest BCUT2D eigenvalue weighted by atomic mass is 28.4. The smallest absolute Gasteiger partial charge is 0.414 e. The number of oxime groups is 1. The SMILES string of the molecule is COC(=O)N(C/C=N/O[Si](C)(C)C)c1ccccc1. The molecule has 0 fully saturated rings. The summed E-state index contributed by atoms with van der Waals surface area (Å²) in [6.45, 7) is 6.43. The molecule has 1 amide bonds. The maximum Gasteiger partial charge on any atom is 0.414 e. The minimum absolute atomic E-state index is 0.307. The molecular weight excluding hydrogens is 260 g/mol. The highest BCUT2D eigenvalue weighted by Crippen LogP contribution is 2.13. The van der Waals surface area contributed by atoms with Crippen LogP contribution in [0.4, 0.5) is 10.5 Å². The zero-order valence-corrected chi connectivity index (χ0v) is 12.8. The molecule has 1 rings (SSSR count). The molecule has 0 saturated carbocycles. The lowest BCUT2D eigenvalue weighted by Gasteiger charge is -2.19. The van der Waals surface area contributed by atoms with E-state index in [0.717, 1.165) is 5.69 Å². The van der Waals surface area contributed by atoms with Crippen molar-refractivity contribution in [3.8, 4) is 0 Å². The number of ether oxygens (including phenoxy) is 1. The number of nitrogens with zero attached hydrogens (tertiary/aromatic N) is 2. The summed E-state index contributed by atoms with van der Waals surface area (Å²) in [6.07, 6.45) is 1.15. The van der Waals surface area contributed by atoms with Crippen LogP contribution in [0, 0.1) is 0 Å². The average Bonchev–Trinajstić information content (AvgIpc) is 2.38. The molecule has 1 aromatic rings. The van der Waals surface area contributed by atoms with Gasteiger partial charge in [-0.15, -0.1) is 5.16 Å². The Balaban J connectivity index is 2.70. The molecule has 0 heterocycles. The molecule has 0 radical (unpaired) electrons. The number of carbonyl (C=O) groups is 1. The number of hydrogen-bond acceptors (Lipinski definition) is 4. The Morgan fingerprint density at radius 3 is 2.47 bits per heavy atom. The van der Waals surface area contributed by atoms with Crippen LogP contribution >= 0.6 is 0 Å². The highest BCUT2D eigenvalue weighted by molar-refractivity contribution is 6.69. The Hall–Kier alpha value is -1.82. The van der Waals surface area contributed by atoms with Crippen molar-refractivity contribution in [3.63, 3.8) is 0 Å². The average molecular weight is 280 g/mol. The number of benzene rings is 1. The van der Waals surface area contributed by atoms with Crippen molar-refractivity contribution in [2.24, 2.45) is 5.16 Å². The summed E-state index contributed by atoms with van der Waals surface area (Å²) in [5.74, 6) is 0. The third-order valence-corrected chi connectivity index (χ3v) is 2.78. The summed E-state index contributed by atoms with van der Waals surface area (Å²) in [5.41, 5.74) is 0.758. The fourth-order valence-corrected chi connectivity index (χ4v) is 1.70. The van der Waals surface area contributed by atoms with Gasteiger partial charge < -0.3 is 9.26 Å². The molecule has 0 aliphatic heterocycles. The van der Waals surface area contributed by atoms with Gasteiger partial charge in [0.15, 0.2) is 0 Å². The number of hydrogen-bond donors (Lipinski definition) is 0. The van der Waals surface area contributed by atoms with Gasteiger partial charge >= 0.3 is 6.09 Å². The van der Waals surface area contributed by atoms with Gasteiger partial charge in [-0.3, -0.25) is 4.90 Å². The fourth-order valence-electron chi connectivity index (χ4n) is 1.31. The Morgan fingerprint density at radius 2 is 1.95 bits per heavy atom. The van der Waals surface area contributed by atoms with Gasteiger partial charge in [0.2, 0.25) is 0 Å². The van der Waals surface area contributed by atoms with Gasteiger partial charge in [-0.1, -0.05) is 18.2 Å². The van der Waals surface area contributed by atoms with Gasteiger partial charge in [0.05, 0.1) is 19.9 Å². The lowest BCUT2D eigenvalue weighted by molar-refractivity contribution is 0.179. The number of methoxy groups -OCH3 is 1. The van der Waals surface area contributed by atoms with Gasteiger partial charge in [-0.25, -0.2) is 4.79 Å². The van der Waals surface area contributed by atoms with Gasteiger partial charge in [0.1, 0.15) is 0 Å². The van der Waals surface area contributed by atoms with E-state index in [2.05, 4.69) is 5.16 Å². The van der Waals surface area contributed by atoms with Crippen molar-refractivity contribution < 1.29 is 14.1 Å². The highest BCUT2D eigenvalue weighted by Gasteiger charge is 2.16. The minimum Gasteiger partial charge on any atom is -0.456 e. The molecule has 0 spiro atoms. The maximum absolute atomic E-state index is 11.7. The van der Waals surface area contributed by atoms with Gasteiger partial charge in [-0.05, 0) is 31.8 Å². The number of para-hydroxylation sites is 1. The zero-order valence-electron chi connectivity index (χ0n) is 11.8. The van der Waals surface area contributed by atoms with E-state index >= 15 is 0 Å². The summed E-state index contributed by atoms with van der Waals surface area (Å²) in [5, 5.41) is 3.91. The number of anilines is 1. The van der Waals surface area contributed by atoms with E-state index in [1.807, 2.05) is 50.0 Å². The van der Waals surface area contributed by atoms with Crippen molar-refractivity contribution in [2.75, 3.05) is 18.6 Å². The van der Waals surface area contributed by atoms with Crippen molar-refractivity contribution >= 4 is 26.3 Å². The second-order valence-electron chi connectivity index (χ2n) is 4.91. The molecule has 0 aromatic heterocycles. The van der Waals surface area contributed by atoms with E-state index in [1.165, 1.54) is 12.0 Å². The molecule has 0 bridgehead atoms. The lowest BCUT2D eigenvalue weighted by Crippen LogP contribution is -2.32. The predicted molar refractivity (Wildman–Crippen MR) is 79.1 cm³/mol. The summed E-state index contributed by atoms with van der Waals surface area (Å²) in [4.78, 5) is 13.2. The van der Waals surface area contributed by atoms with Crippen molar-refractivity contribution in [1.82, 2.24) is 0 Å². The van der Waals surface area contributed by atoms with Gasteiger partial charge in [0.25, 0.3) is 8.32 Å². The van der Waals surface area contributed by atoms with Gasteiger partial charge in [0, 0.05) is 5.69 Å². The van der Waals surface area contributed by atoms with Crippen LogP contribution in [0.3, 0.4) is 0 Å². The van der Waals surface area contributed by atoms with Crippen LogP contribution < -0.4 is 4.90 Å². The molecule has 0 saturated heterocycles. The summed E-state index contributed by atoms with van der Waals surface area (Å²) < 4.78 is 10.1. The van der Waals surface area contributed by atoms with E-state index in [0.29, 0.717) is 6.54 Å². The largest absolute Gasteiger partial charge is 0.456 e. The molecule has 1 aromatic carbocycles. The Labute approximate surface area is 114 Å². The third-order valence-electron chi connectivity index (χ3n) is 2.13. The molecule has 0 aliphatic rings. The van der Waals surface area contributed by atoms with E-state index in [1.54, 1.807) is 6.21 Å². The molecular formula is C13H20N2O3Si. The first kappa shape index (κ1) is 15.2. The first-order chi connectivity index (χ1) is 8.94. The van der Waals surface area contributed by atoms with E-state index in [9.17, 15) is 4.79 Å². The third kappa shape index (κ3) is 5.56. The molecule has 0 atom stereocenters. The van der Waals surface area contributed by atoms with Crippen LogP contribution in [0.1, 0.15) is 0 Å². The van der Waals surface area contributed by atoms with E-state index < -0.39 is 14.4 Å². The molecule has 0 unspecified atom stereocenters. The normalized spacial score (nSPS) is 11.4. The molecule has 5 nitrogen and oxygen atoms in total. The quantitative estimate of drug-likeness (QED) is 0.473. The Morgan fingerprint density at radius 1 is 1.32 bits per heavy atom. The molecule has 0 N–H and O–H groups in total. The minimum atomic E-state index is -1.68. The summed E-state index contributed by atoms with van der Waals surface area (Å²) in [7, 11) is -0.321. The van der Waals surface area contributed by atoms with Crippen molar-refractivity contribution in [2.45, 2.75) is 19.6 Å². The van der Waals surface area contributed by atoms with Crippen LogP contribution in [0.15, 0.2) is 35.5 Å². The fraction of sp³-hybridized carbons (Fsp3) is 0.385. The van der Waals surface area contributed by atoms with Crippen LogP contribution in [0.5, 0.6) is 0 Å². The first-order valence-electron chi connectivity index (χ1n) is 6.04. The van der Waals surface area contributed by atoms with Crippen molar-refractivity contribution in [3.05, 3.63) is 30.3 Å². The Kier molecular flexibility index (Phi) is 5.56. The van der Waals surface area contributed by atoms with Crippen molar-refractivity contribution in [1.29, 1.82) is 0 Å². The molecule has 0 aliphatic carbocycles. The van der Waals surface area contributed by atoms with Gasteiger partial charge in [-0.2, -0.15) is 0 Å². The molecule has 19 heavy (non-hydrogen) atoms. The van der Waals surface area contributed by atoms with E-state index in [4.69, 9.17) is 9.26 Å². The number of carbonyl (C=O) groups excluding carboxylic acids is 1. The summed E-state index contributed by atoms with van der Waals surface area (Å²) >= 11 is 0. The first-order valence-corrected chi connectivity index (χ1v) is 9.45. The Bertz CT molecular complexity index is 429. The maximum atomic E-state index is 11.7. The topological polar surface area (TPSA) is 51.1 Å². The number of rotatable bonds is 5.